The van der Waals surface area contributed by atoms with E-state index in [0.717, 1.165) is 38.2 Å². The Morgan fingerprint density at radius 2 is 1.96 bits per heavy atom. The molecule has 0 radical (unpaired) electrons. The summed E-state index contributed by atoms with van der Waals surface area (Å²) in [6, 6.07) is 0. The molecule has 0 amide bonds. The van der Waals surface area contributed by atoms with Gasteiger partial charge in [0.15, 0.2) is 15.4 Å². The molecule has 0 spiro atoms. The van der Waals surface area contributed by atoms with Gasteiger partial charge in [0.2, 0.25) is 5.82 Å². The topological polar surface area (TPSA) is 63.4 Å². The average molecular weight is 424 g/mol. The summed E-state index contributed by atoms with van der Waals surface area (Å²) in [5.41, 5.74) is 2.63. The molecule has 0 saturated heterocycles. The Morgan fingerprint density at radius 1 is 1.20 bits per heavy atom. The molecule has 0 bridgehead atoms. The van der Waals surface area contributed by atoms with Crippen molar-refractivity contribution in [2.24, 2.45) is 0 Å². The van der Waals surface area contributed by atoms with Crippen molar-refractivity contribution in [2.45, 2.75) is 33.7 Å². The molecule has 130 valence electrons. The van der Waals surface area contributed by atoms with E-state index in [9.17, 15) is 9.18 Å². The molecule has 0 saturated carbocycles. The van der Waals surface area contributed by atoms with Crippen LogP contribution in [0.2, 0.25) is 0 Å². The van der Waals surface area contributed by atoms with Gasteiger partial charge in [-0.1, -0.05) is 0 Å². The monoisotopic (exact) mass is 423 g/mol. The first-order valence-corrected chi connectivity index (χ1v) is 9.43. The van der Waals surface area contributed by atoms with Crippen molar-refractivity contribution in [3.63, 3.8) is 0 Å². The highest BCUT2D eigenvalue weighted by Crippen LogP contribution is 2.32. The Kier molecular flexibility index (Phi) is 3.88. The van der Waals surface area contributed by atoms with Crippen molar-refractivity contribution in [1.29, 1.82) is 0 Å². The third-order valence-corrected chi connectivity index (χ3v) is 6.14. The van der Waals surface area contributed by atoms with Gasteiger partial charge in [-0.05, 0) is 36.7 Å². The van der Waals surface area contributed by atoms with E-state index in [4.69, 9.17) is 0 Å². The van der Waals surface area contributed by atoms with Gasteiger partial charge < -0.3 is 4.90 Å². The number of aryl methyl sites for hydroxylation is 2. The molecule has 0 fully saturated rings. The molecule has 4 heterocycles. The van der Waals surface area contributed by atoms with Crippen LogP contribution in [-0.2, 0) is 13.0 Å². The largest absolute Gasteiger partial charge is 0.349 e. The van der Waals surface area contributed by atoms with Gasteiger partial charge in [0.05, 0.1) is 17.9 Å². The highest BCUT2D eigenvalue weighted by Gasteiger charge is 2.24. The predicted molar refractivity (Wildman–Crippen MR) is 98.0 cm³/mol. The first-order valence-electron chi connectivity index (χ1n) is 7.82. The molecule has 1 aliphatic heterocycles. The highest BCUT2D eigenvalue weighted by molar-refractivity contribution is 9.11. The van der Waals surface area contributed by atoms with Gasteiger partial charge in [-0.25, -0.2) is 9.97 Å². The van der Waals surface area contributed by atoms with E-state index in [1.165, 1.54) is 11.8 Å². The maximum Gasteiger partial charge on any atom is 0.310 e. The molecule has 0 aromatic carbocycles. The maximum atomic E-state index is 14.0. The molecule has 1 aliphatic rings. The lowest BCUT2D eigenvalue weighted by molar-refractivity contribution is 0.575. The number of rotatable bonds is 1. The molecule has 0 N–H and O–H groups in total. The Morgan fingerprint density at radius 3 is 2.72 bits per heavy atom. The second kappa shape index (κ2) is 5.84. The molecule has 6 nitrogen and oxygen atoms in total. The van der Waals surface area contributed by atoms with E-state index in [1.54, 1.807) is 11.3 Å². The standard InChI is InChI=1S/C16H15BrFN5OS/c1-7-8(2)14(21-23-13(7)19-9(3)12(18)15(23)24)22-5-4-10-11(6-22)25-16(17)20-10/h4-6H2,1-3H3. The number of halogens is 2. The SMILES string of the molecule is Cc1nc2c(C)c(C)c(N3CCc4nc(Br)sc4C3)nn2c(=O)c1F. The number of hydrogen-bond acceptors (Lipinski definition) is 6. The van der Waals surface area contributed by atoms with Gasteiger partial charge in [-0.3, -0.25) is 4.79 Å². The maximum absolute atomic E-state index is 14.0. The summed E-state index contributed by atoms with van der Waals surface area (Å²) in [6.45, 7) is 6.76. The third kappa shape index (κ3) is 2.56. The lowest BCUT2D eigenvalue weighted by Gasteiger charge is -2.29. The molecular formula is C16H15BrFN5OS. The van der Waals surface area contributed by atoms with Crippen molar-refractivity contribution in [2.75, 3.05) is 11.4 Å². The van der Waals surface area contributed by atoms with Crippen molar-refractivity contribution >= 4 is 38.7 Å². The Hall–Kier alpha value is -1.87. The van der Waals surface area contributed by atoms with E-state index in [0.29, 0.717) is 18.0 Å². The number of fused-ring (bicyclic) bond motifs is 2. The first kappa shape index (κ1) is 16.6. The predicted octanol–water partition coefficient (Wildman–Crippen LogP) is 2.94. The van der Waals surface area contributed by atoms with Crippen LogP contribution in [0, 0.1) is 26.6 Å². The van der Waals surface area contributed by atoms with Crippen LogP contribution in [-0.4, -0.2) is 26.1 Å². The molecule has 0 atom stereocenters. The number of aromatic nitrogens is 4. The van der Waals surface area contributed by atoms with Gasteiger partial charge in [0.1, 0.15) is 0 Å². The highest BCUT2D eigenvalue weighted by atomic mass is 79.9. The molecular weight excluding hydrogens is 409 g/mol. The fourth-order valence-corrected chi connectivity index (χ4v) is 4.73. The van der Waals surface area contributed by atoms with Crippen molar-refractivity contribution in [3.8, 4) is 0 Å². The van der Waals surface area contributed by atoms with Gasteiger partial charge in [0.25, 0.3) is 0 Å². The third-order valence-electron chi connectivity index (χ3n) is 4.60. The molecule has 0 unspecified atom stereocenters. The van der Waals surface area contributed by atoms with Crippen LogP contribution >= 0.6 is 27.3 Å². The normalized spacial score (nSPS) is 14.2. The van der Waals surface area contributed by atoms with E-state index in [-0.39, 0.29) is 5.69 Å². The van der Waals surface area contributed by atoms with E-state index >= 15 is 0 Å². The fourth-order valence-electron chi connectivity index (χ4n) is 3.08. The lowest BCUT2D eigenvalue weighted by atomic mass is 10.1. The minimum absolute atomic E-state index is 0.0965. The van der Waals surface area contributed by atoms with Crippen molar-refractivity contribution < 1.29 is 4.39 Å². The summed E-state index contributed by atoms with van der Waals surface area (Å²) in [5, 5.41) is 4.44. The van der Waals surface area contributed by atoms with Crippen LogP contribution in [0.5, 0.6) is 0 Å². The Balaban J connectivity index is 1.88. The summed E-state index contributed by atoms with van der Waals surface area (Å²) >= 11 is 5.03. The minimum atomic E-state index is -0.855. The second-order valence-corrected chi connectivity index (χ2v) is 8.49. The quantitative estimate of drug-likeness (QED) is 0.601. The van der Waals surface area contributed by atoms with Crippen LogP contribution in [0.1, 0.15) is 27.4 Å². The zero-order valence-electron chi connectivity index (χ0n) is 13.9. The van der Waals surface area contributed by atoms with Gasteiger partial charge in [-0.15, -0.1) is 16.4 Å². The minimum Gasteiger partial charge on any atom is -0.349 e. The van der Waals surface area contributed by atoms with Crippen LogP contribution in [0.25, 0.3) is 5.65 Å². The first-order chi connectivity index (χ1) is 11.9. The summed E-state index contributed by atoms with van der Waals surface area (Å²) in [5.74, 6) is -0.168. The zero-order chi connectivity index (χ0) is 17.9. The lowest BCUT2D eigenvalue weighted by Crippen LogP contribution is -2.33. The molecule has 3 aromatic rings. The molecule has 4 rings (SSSR count). The van der Waals surface area contributed by atoms with E-state index < -0.39 is 11.4 Å². The second-order valence-electron chi connectivity index (χ2n) is 6.13. The van der Waals surface area contributed by atoms with Gasteiger partial charge in [0, 0.05) is 29.0 Å². The molecule has 0 aliphatic carbocycles. The number of nitrogens with zero attached hydrogens (tertiary/aromatic N) is 5. The molecule has 3 aromatic heterocycles. The smallest absolute Gasteiger partial charge is 0.310 e. The number of anilines is 1. The molecule has 25 heavy (non-hydrogen) atoms. The summed E-state index contributed by atoms with van der Waals surface area (Å²) in [7, 11) is 0. The van der Waals surface area contributed by atoms with E-state index in [2.05, 4.69) is 35.9 Å². The van der Waals surface area contributed by atoms with Crippen LogP contribution < -0.4 is 10.5 Å². The summed E-state index contributed by atoms with van der Waals surface area (Å²) in [4.78, 5) is 24.3. The van der Waals surface area contributed by atoms with Crippen LogP contribution in [0.4, 0.5) is 10.2 Å². The van der Waals surface area contributed by atoms with Gasteiger partial charge in [-0.2, -0.15) is 8.91 Å². The summed E-state index contributed by atoms with van der Waals surface area (Å²) < 4.78 is 16.0. The Labute approximate surface area is 155 Å². The van der Waals surface area contributed by atoms with Gasteiger partial charge >= 0.3 is 5.56 Å². The summed E-state index contributed by atoms with van der Waals surface area (Å²) in [6.07, 6.45) is 0.811. The van der Waals surface area contributed by atoms with Crippen LogP contribution in [0.15, 0.2) is 8.71 Å². The van der Waals surface area contributed by atoms with Crippen molar-refractivity contribution in [3.05, 3.63) is 47.5 Å². The number of thiazole rings is 1. The Bertz CT molecular complexity index is 1080. The van der Waals surface area contributed by atoms with E-state index in [1.807, 2.05) is 13.8 Å². The average Bonchev–Trinajstić information content (AvgIpc) is 2.96. The fraction of sp³-hybridized carbons (Fsp3) is 0.375. The zero-order valence-corrected chi connectivity index (χ0v) is 16.3. The number of hydrogen-bond donors (Lipinski definition) is 0. The van der Waals surface area contributed by atoms with Crippen LogP contribution in [0.3, 0.4) is 0 Å². The van der Waals surface area contributed by atoms with Crippen molar-refractivity contribution in [1.82, 2.24) is 19.6 Å². The molecule has 9 heteroatoms.